The molecule has 0 radical (unpaired) electrons. The summed E-state index contributed by atoms with van der Waals surface area (Å²) in [5.41, 5.74) is 1.16. The normalized spacial score (nSPS) is 12.3. The highest BCUT2D eigenvalue weighted by Gasteiger charge is 2.11. The van der Waals surface area contributed by atoms with Crippen LogP contribution in [0.5, 0.6) is 5.75 Å². The van der Waals surface area contributed by atoms with E-state index in [1.54, 1.807) is 0 Å². The molecule has 1 aromatic heterocycles. The second-order valence-corrected chi connectivity index (χ2v) is 4.63. The van der Waals surface area contributed by atoms with Gasteiger partial charge in [0.05, 0.1) is 6.61 Å². The number of nitrogens with zero attached hydrogens (tertiary/aromatic N) is 2. The maximum Gasteiger partial charge on any atom is 0.227 e. The molecule has 0 bridgehead atoms. The molecule has 5 heteroatoms. The Morgan fingerprint density at radius 3 is 2.85 bits per heavy atom. The van der Waals surface area contributed by atoms with Crippen molar-refractivity contribution in [2.45, 2.75) is 33.2 Å². The molecule has 2 aromatic rings. The average molecular weight is 275 g/mol. The monoisotopic (exact) mass is 275 g/mol. The summed E-state index contributed by atoms with van der Waals surface area (Å²) in [5, 5.41) is 7.22. The third-order valence-electron chi connectivity index (χ3n) is 3.04. The van der Waals surface area contributed by atoms with Crippen LogP contribution in [0, 0.1) is 6.92 Å². The molecule has 0 saturated heterocycles. The zero-order chi connectivity index (χ0) is 14.4. The van der Waals surface area contributed by atoms with Crippen molar-refractivity contribution in [1.82, 2.24) is 15.5 Å². The molecule has 20 heavy (non-hydrogen) atoms. The Hall–Kier alpha value is -1.88. The molecular formula is C15H21N3O2. The van der Waals surface area contributed by atoms with Gasteiger partial charge in [-0.1, -0.05) is 23.4 Å². The molecule has 0 amide bonds. The molecule has 2 rings (SSSR count). The van der Waals surface area contributed by atoms with Crippen LogP contribution < -0.4 is 10.1 Å². The van der Waals surface area contributed by atoms with Gasteiger partial charge in [0, 0.05) is 24.6 Å². The SMILES string of the molecule is CCOc1ccccc1C(C)NCCc1nc(C)no1. The fraction of sp³-hybridized carbons (Fsp3) is 0.467. The molecule has 0 aliphatic carbocycles. The lowest BCUT2D eigenvalue weighted by Crippen LogP contribution is -2.22. The minimum atomic E-state index is 0.210. The van der Waals surface area contributed by atoms with Gasteiger partial charge in [-0.05, 0) is 26.8 Å². The predicted molar refractivity (Wildman–Crippen MR) is 76.8 cm³/mol. The van der Waals surface area contributed by atoms with Crippen LogP contribution in [0.2, 0.25) is 0 Å². The van der Waals surface area contributed by atoms with Crippen molar-refractivity contribution in [3.63, 3.8) is 0 Å². The minimum Gasteiger partial charge on any atom is -0.494 e. The first-order valence-electron chi connectivity index (χ1n) is 6.95. The number of hydrogen-bond acceptors (Lipinski definition) is 5. The van der Waals surface area contributed by atoms with E-state index in [-0.39, 0.29) is 6.04 Å². The summed E-state index contributed by atoms with van der Waals surface area (Å²) in [6.07, 6.45) is 0.724. The molecule has 0 saturated carbocycles. The summed E-state index contributed by atoms with van der Waals surface area (Å²) >= 11 is 0. The summed E-state index contributed by atoms with van der Waals surface area (Å²) in [6.45, 7) is 7.39. The van der Waals surface area contributed by atoms with E-state index in [1.165, 1.54) is 0 Å². The van der Waals surface area contributed by atoms with E-state index in [0.717, 1.165) is 24.3 Å². The van der Waals surface area contributed by atoms with E-state index in [0.29, 0.717) is 18.3 Å². The zero-order valence-corrected chi connectivity index (χ0v) is 12.2. The van der Waals surface area contributed by atoms with Gasteiger partial charge in [0.25, 0.3) is 0 Å². The molecule has 1 aromatic carbocycles. The van der Waals surface area contributed by atoms with E-state index >= 15 is 0 Å². The lowest BCUT2D eigenvalue weighted by atomic mass is 10.1. The van der Waals surface area contributed by atoms with E-state index in [1.807, 2.05) is 32.0 Å². The molecule has 5 nitrogen and oxygen atoms in total. The van der Waals surface area contributed by atoms with Gasteiger partial charge in [-0.2, -0.15) is 4.98 Å². The van der Waals surface area contributed by atoms with Gasteiger partial charge in [0.1, 0.15) is 5.75 Å². The Kier molecular flexibility index (Phi) is 5.12. The van der Waals surface area contributed by atoms with Crippen LogP contribution in [0.1, 0.15) is 37.2 Å². The van der Waals surface area contributed by atoms with E-state index in [4.69, 9.17) is 9.26 Å². The van der Waals surface area contributed by atoms with Crippen LogP contribution in [0.15, 0.2) is 28.8 Å². The zero-order valence-electron chi connectivity index (χ0n) is 12.2. The molecule has 0 fully saturated rings. The summed E-state index contributed by atoms with van der Waals surface area (Å²) in [5.74, 6) is 2.28. The van der Waals surface area contributed by atoms with Gasteiger partial charge in [0.2, 0.25) is 5.89 Å². The fourth-order valence-corrected chi connectivity index (χ4v) is 2.07. The van der Waals surface area contributed by atoms with Gasteiger partial charge in [-0.25, -0.2) is 0 Å². The van der Waals surface area contributed by atoms with Gasteiger partial charge in [-0.3, -0.25) is 0 Å². The van der Waals surface area contributed by atoms with Crippen LogP contribution in [-0.2, 0) is 6.42 Å². The molecule has 0 spiro atoms. The van der Waals surface area contributed by atoms with Crippen LogP contribution >= 0.6 is 0 Å². The van der Waals surface area contributed by atoms with Gasteiger partial charge in [0.15, 0.2) is 5.82 Å². The number of nitrogens with one attached hydrogen (secondary N) is 1. The molecule has 1 heterocycles. The number of para-hydroxylation sites is 1. The number of aryl methyl sites for hydroxylation is 1. The Bertz CT molecular complexity index is 539. The average Bonchev–Trinajstić information content (AvgIpc) is 2.85. The highest BCUT2D eigenvalue weighted by atomic mass is 16.5. The summed E-state index contributed by atoms with van der Waals surface area (Å²) in [7, 11) is 0. The fourth-order valence-electron chi connectivity index (χ4n) is 2.07. The lowest BCUT2D eigenvalue weighted by Gasteiger charge is -2.17. The van der Waals surface area contributed by atoms with E-state index in [9.17, 15) is 0 Å². The first-order chi connectivity index (χ1) is 9.70. The van der Waals surface area contributed by atoms with Crippen LogP contribution in [-0.4, -0.2) is 23.3 Å². The van der Waals surface area contributed by atoms with Crippen LogP contribution in [0.4, 0.5) is 0 Å². The van der Waals surface area contributed by atoms with Crippen molar-refractivity contribution in [2.24, 2.45) is 0 Å². The van der Waals surface area contributed by atoms with Crippen LogP contribution in [0.25, 0.3) is 0 Å². The van der Waals surface area contributed by atoms with Crippen molar-refractivity contribution in [1.29, 1.82) is 0 Å². The second kappa shape index (κ2) is 7.05. The Balaban J connectivity index is 1.89. The molecular weight excluding hydrogens is 254 g/mol. The highest BCUT2D eigenvalue weighted by Crippen LogP contribution is 2.24. The van der Waals surface area contributed by atoms with Crippen molar-refractivity contribution in [3.05, 3.63) is 41.5 Å². The standard InChI is InChI=1S/C15H21N3O2/c1-4-19-14-8-6-5-7-13(14)11(2)16-10-9-15-17-12(3)18-20-15/h5-8,11,16H,4,9-10H2,1-3H3. The third kappa shape index (κ3) is 3.81. The number of benzene rings is 1. The van der Waals surface area contributed by atoms with Gasteiger partial charge >= 0.3 is 0 Å². The molecule has 1 N–H and O–H groups in total. The maximum atomic E-state index is 5.65. The highest BCUT2D eigenvalue weighted by molar-refractivity contribution is 5.35. The number of rotatable bonds is 7. The third-order valence-corrected chi connectivity index (χ3v) is 3.04. The smallest absolute Gasteiger partial charge is 0.227 e. The molecule has 1 unspecified atom stereocenters. The summed E-state index contributed by atoms with van der Waals surface area (Å²) < 4.78 is 10.7. The first-order valence-corrected chi connectivity index (χ1v) is 6.95. The number of hydrogen-bond donors (Lipinski definition) is 1. The molecule has 1 atom stereocenters. The second-order valence-electron chi connectivity index (χ2n) is 4.63. The topological polar surface area (TPSA) is 60.2 Å². The Labute approximate surface area is 119 Å². The van der Waals surface area contributed by atoms with Crippen molar-refractivity contribution in [2.75, 3.05) is 13.2 Å². The summed E-state index contributed by atoms with van der Waals surface area (Å²) in [6, 6.07) is 8.30. The van der Waals surface area contributed by atoms with E-state index in [2.05, 4.69) is 28.4 Å². The number of ether oxygens (including phenoxy) is 1. The Morgan fingerprint density at radius 2 is 2.15 bits per heavy atom. The minimum absolute atomic E-state index is 0.210. The van der Waals surface area contributed by atoms with Crippen molar-refractivity contribution >= 4 is 0 Å². The van der Waals surface area contributed by atoms with Crippen molar-refractivity contribution < 1.29 is 9.26 Å². The molecule has 0 aliphatic heterocycles. The molecule has 108 valence electrons. The van der Waals surface area contributed by atoms with E-state index < -0.39 is 0 Å². The van der Waals surface area contributed by atoms with Crippen LogP contribution in [0.3, 0.4) is 0 Å². The maximum absolute atomic E-state index is 5.65. The first kappa shape index (κ1) is 14.5. The largest absolute Gasteiger partial charge is 0.494 e. The predicted octanol–water partition coefficient (Wildman–Crippen LogP) is 2.67. The molecule has 0 aliphatic rings. The quantitative estimate of drug-likeness (QED) is 0.841. The van der Waals surface area contributed by atoms with Crippen molar-refractivity contribution in [3.8, 4) is 5.75 Å². The summed E-state index contributed by atoms with van der Waals surface area (Å²) in [4.78, 5) is 4.18. The number of aromatic nitrogens is 2. The van der Waals surface area contributed by atoms with Gasteiger partial charge in [-0.15, -0.1) is 0 Å². The Morgan fingerprint density at radius 1 is 1.35 bits per heavy atom. The van der Waals surface area contributed by atoms with Gasteiger partial charge < -0.3 is 14.6 Å². The lowest BCUT2D eigenvalue weighted by molar-refractivity contribution is 0.331.